The second-order valence-electron chi connectivity index (χ2n) is 4.88. The van der Waals surface area contributed by atoms with Crippen LogP contribution < -0.4 is 10.2 Å². The van der Waals surface area contributed by atoms with Crippen molar-refractivity contribution in [3.8, 4) is 0 Å². The number of aryl methyl sites for hydroxylation is 1. The molecule has 0 aromatic carbocycles. The average Bonchev–Trinajstić information content (AvgIpc) is 2.82. The van der Waals surface area contributed by atoms with Crippen molar-refractivity contribution in [1.29, 1.82) is 0 Å². The van der Waals surface area contributed by atoms with Crippen LogP contribution in [0.15, 0.2) is 0 Å². The Balaban J connectivity index is 2.17. The lowest BCUT2D eigenvalue weighted by molar-refractivity contribution is 0.454. The molecule has 1 aliphatic rings. The summed E-state index contributed by atoms with van der Waals surface area (Å²) in [6.45, 7) is 9.83. The smallest absolute Gasteiger partial charge is 0.185 e. The van der Waals surface area contributed by atoms with E-state index in [9.17, 15) is 0 Å². The van der Waals surface area contributed by atoms with Gasteiger partial charge in [-0.1, -0.05) is 6.92 Å². The SMILES string of the molecule is CCCNC1CCCc2sc(N(CC)CC)nc21. The Morgan fingerprint density at radius 2 is 2.11 bits per heavy atom. The summed E-state index contributed by atoms with van der Waals surface area (Å²) in [4.78, 5) is 8.78. The van der Waals surface area contributed by atoms with Crippen LogP contribution in [0.3, 0.4) is 0 Å². The highest BCUT2D eigenvalue weighted by molar-refractivity contribution is 7.15. The summed E-state index contributed by atoms with van der Waals surface area (Å²) in [5.74, 6) is 0. The largest absolute Gasteiger partial charge is 0.349 e. The maximum atomic E-state index is 4.91. The first-order valence-corrected chi connectivity index (χ1v) is 8.09. The van der Waals surface area contributed by atoms with Crippen LogP contribution in [-0.4, -0.2) is 24.6 Å². The third-order valence-electron chi connectivity index (χ3n) is 3.62. The predicted octanol–water partition coefficient (Wildman–Crippen LogP) is 3.37. The predicted molar refractivity (Wildman–Crippen MR) is 79.6 cm³/mol. The first kappa shape index (κ1) is 13.8. The minimum absolute atomic E-state index is 0.495. The summed E-state index contributed by atoms with van der Waals surface area (Å²) in [6, 6.07) is 0.495. The van der Waals surface area contributed by atoms with Gasteiger partial charge >= 0.3 is 0 Å². The van der Waals surface area contributed by atoms with E-state index in [1.165, 1.54) is 41.4 Å². The Labute approximate surface area is 115 Å². The number of nitrogens with one attached hydrogen (secondary N) is 1. The maximum Gasteiger partial charge on any atom is 0.185 e. The van der Waals surface area contributed by atoms with Crippen LogP contribution in [0.2, 0.25) is 0 Å². The molecule has 0 fully saturated rings. The molecule has 0 saturated carbocycles. The molecule has 3 nitrogen and oxygen atoms in total. The van der Waals surface area contributed by atoms with Gasteiger partial charge < -0.3 is 10.2 Å². The van der Waals surface area contributed by atoms with Gasteiger partial charge in [-0.2, -0.15) is 0 Å². The molecule has 0 aliphatic heterocycles. The molecule has 1 aromatic rings. The maximum absolute atomic E-state index is 4.91. The van der Waals surface area contributed by atoms with E-state index >= 15 is 0 Å². The van der Waals surface area contributed by atoms with E-state index in [2.05, 4.69) is 31.0 Å². The Kier molecular flexibility index (Phi) is 5.01. The third-order valence-corrected chi connectivity index (χ3v) is 4.81. The molecule has 1 atom stereocenters. The second-order valence-corrected chi connectivity index (χ2v) is 5.94. The van der Waals surface area contributed by atoms with E-state index in [1.807, 2.05) is 11.3 Å². The fourth-order valence-corrected chi connectivity index (χ4v) is 3.84. The second kappa shape index (κ2) is 6.53. The van der Waals surface area contributed by atoms with Crippen molar-refractivity contribution in [3.63, 3.8) is 0 Å². The van der Waals surface area contributed by atoms with E-state index in [0.717, 1.165) is 19.6 Å². The van der Waals surface area contributed by atoms with Gasteiger partial charge in [0, 0.05) is 18.0 Å². The van der Waals surface area contributed by atoms with Crippen LogP contribution >= 0.6 is 11.3 Å². The Hall–Kier alpha value is -0.610. The van der Waals surface area contributed by atoms with Gasteiger partial charge in [-0.3, -0.25) is 0 Å². The Morgan fingerprint density at radius 1 is 1.33 bits per heavy atom. The molecule has 0 amide bonds. The number of hydrogen-bond donors (Lipinski definition) is 1. The van der Waals surface area contributed by atoms with E-state index in [0.29, 0.717) is 6.04 Å². The third kappa shape index (κ3) is 2.86. The molecule has 0 spiro atoms. The van der Waals surface area contributed by atoms with Crippen molar-refractivity contribution >= 4 is 16.5 Å². The van der Waals surface area contributed by atoms with Crippen LogP contribution in [0.1, 0.15) is 56.6 Å². The molecule has 1 aromatic heterocycles. The molecule has 1 N–H and O–H groups in total. The molecular weight excluding hydrogens is 242 g/mol. The molecule has 1 unspecified atom stereocenters. The number of rotatable bonds is 6. The summed E-state index contributed by atoms with van der Waals surface area (Å²) in [7, 11) is 0. The fourth-order valence-electron chi connectivity index (χ4n) is 2.55. The van der Waals surface area contributed by atoms with Crippen LogP contribution in [-0.2, 0) is 6.42 Å². The van der Waals surface area contributed by atoms with Crippen molar-refractivity contribution in [3.05, 3.63) is 10.6 Å². The minimum Gasteiger partial charge on any atom is -0.349 e. The zero-order valence-electron chi connectivity index (χ0n) is 11.8. The van der Waals surface area contributed by atoms with Crippen molar-refractivity contribution in [2.24, 2.45) is 0 Å². The summed E-state index contributed by atoms with van der Waals surface area (Å²) in [6.07, 6.45) is 4.96. The van der Waals surface area contributed by atoms with Gasteiger partial charge in [0.25, 0.3) is 0 Å². The average molecular weight is 267 g/mol. The van der Waals surface area contributed by atoms with Crippen LogP contribution in [0.25, 0.3) is 0 Å². The number of thiazole rings is 1. The van der Waals surface area contributed by atoms with Gasteiger partial charge in [0.15, 0.2) is 5.13 Å². The molecular formula is C14H25N3S. The normalized spacial score (nSPS) is 18.7. The Morgan fingerprint density at radius 3 is 2.78 bits per heavy atom. The van der Waals surface area contributed by atoms with Gasteiger partial charge in [0.1, 0.15) is 0 Å². The molecule has 4 heteroatoms. The Bertz CT molecular complexity index is 371. The van der Waals surface area contributed by atoms with Gasteiger partial charge in [-0.15, -0.1) is 11.3 Å². The summed E-state index contributed by atoms with van der Waals surface area (Å²) in [5.41, 5.74) is 1.33. The van der Waals surface area contributed by atoms with Crippen molar-refractivity contribution in [2.75, 3.05) is 24.5 Å². The number of aromatic nitrogens is 1. The topological polar surface area (TPSA) is 28.2 Å². The summed E-state index contributed by atoms with van der Waals surface area (Å²) in [5, 5.41) is 4.86. The summed E-state index contributed by atoms with van der Waals surface area (Å²) < 4.78 is 0. The van der Waals surface area contributed by atoms with E-state index < -0.39 is 0 Å². The highest BCUT2D eigenvalue weighted by atomic mass is 32.1. The van der Waals surface area contributed by atoms with Gasteiger partial charge in [0.05, 0.1) is 11.7 Å². The molecule has 1 heterocycles. The molecule has 102 valence electrons. The lowest BCUT2D eigenvalue weighted by Crippen LogP contribution is -2.26. The lowest BCUT2D eigenvalue weighted by atomic mass is 9.97. The van der Waals surface area contributed by atoms with Gasteiger partial charge in [-0.25, -0.2) is 4.98 Å². The zero-order chi connectivity index (χ0) is 13.0. The number of fused-ring (bicyclic) bond motifs is 1. The van der Waals surface area contributed by atoms with E-state index in [1.54, 1.807) is 0 Å². The molecule has 0 radical (unpaired) electrons. The van der Waals surface area contributed by atoms with Gasteiger partial charge in [-0.05, 0) is 46.1 Å². The van der Waals surface area contributed by atoms with Crippen molar-refractivity contribution < 1.29 is 0 Å². The molecule has 18 heavy (non-hydrogen) atoms. The molecule has 2 rings (SSSR count). The van der Waals surface area contributed by atoms with E-state index in [-0.39, 0.29) is 0 Å². The highest BCUT2D eigenvalue weighted by Gasteiger charge is 2.25. The number of hydrogen-bond acceptors (Lipinski definition) is 4. The van der Waals surface area contributed by atoms with Crippen LogP contribution in [0, 0.1) is 0 Å². The molecule has 1 aliphatic carbocycles. The first-order chi connectivity index (χ1) is 8.80. The molecule has 0 bridgehead atoms. The van der Waals surface area contributed by atoms with E-state index in [4.69, 9.17) is 4.98 Å². The minimum atomic E-state index is 0.495. The van der Waals surface area contributed by atoms with Crippen molar-refractivity contribution in [1.82, 2.24) is 10.3 Å². The van der Waals surface area contributed by atoms with Crippen LogP contribution in [0.5, 0.6) is 0 Å². The quantitative estimate of drug-likeness (QED) is 0.856. The summed E-state index contributed by atoms with van der Waals surface area (Å²) >= 11 is 1.90. The van der Waals surface area contributed by atoms with Crippen LogP contribution in [0.4, 0.5) is 5.13 Å². The monoisotopic (exact) mass is 267 g/mol. The number of nitrogens with zero attached hydrogens (tertiary/aromatic N) is 2. The van der Waals surface area contributed by atoms with Crippen molar-refractivity contribution in [2.45, 2.75) is 52.5 Å². The molecule has 0 saturated heterocycles. The number of anilines is 1. The highest BCUT2D eigenvalue weighted by Crippen LogP contribution is 2.36. The van der Waals surface area contributed by atoms with Gasteiger partial charge in [0.2, 0.25) is 0 Å². The standard InChI is InChI=1S/C14H25N3S/c1-4-10-15-11-8-7-9-12-13(11)16-14(18-12)17(5-2)6-3/h11,15H,4-10H2,1-3H3. The fraction of sp³-hybridized carbons (Fsp3) is 0.786. The zero-order valence-corrected chi connectivity index (χ0v) is 12.6. The lowest BCUT2D eigenvalue weighted by Gasteiger charge is -2.22. The first-order valence-electron chi connectivity index (χ1n) is 7.28.